The predicted octanol–water partition coefficient (Wildman–Crippen LogP) is 5.55. The van der Waals surface area contributed by atoms with Crippen molar-refractivity contribution in [1.82, 2.24) is 9.97 Å². The number of benzene rings is 3. The van der Waals surface area contributed by atoms with Crippen LogP contribution in [0.1, 0.15) is 25.3 Å². The van der Waals surface area contributed by atoms with Crippen LogP contribution in [0.2, 0.25) is 0 Å². The topological polar surface area (TPSA) is 25.8 Å². The van der Waals surface area contributed by atoms with E-state index in [1.54, 1.807) is 0 Å². The Morgan fingerprint density at radius 3 is 2.04 bits per heavy atom. The van der Waals surface area contributed by atoms with Crippen LogP contribution in [0.15, 0.2) is 54.6 Å². The molecule has 1 aliphatic carbocycles. The first-order chi connectivity index (χ1) is 11.2. The van der Waals surface area contributed by atoms with E-state index in [4.69, 9.17) is 9.97 Å². The van der Waals surface area contributed by atoms with E-state index in [9.17, 15) is 0 Å². The maximum Gasteiger partial charge on any atom is 0.0979 e. The van der Waals surface area contributed by atoms with E-state index >= 15 is 0 Å². The van der Waals surface area contributed by atoms with Crippen molar-refractivity contribution in [2.45, 2.75) is 19.8 Å². The molecule has 1 heterocycles. The molecule has 3 aromatic carbocycles. The maximum absolute atomic E-state index is 4.98. The van der Waals surface area contributed by atoms with Crippen LogP contribution in [0.25, 0.3) is 44.3 Å². The van der Waals surface area contributed by atoms with Gasteiger partial charge in [-0.15, -0.1) is 0 Å². The molecule has 2 nitrogen and oxygen atoms in total. The molecule has 0 atom stereocenters. The van der Waals surface area contributed by atoms with Crippen LogP contribution in [0.4, 0.5) is 0 Å². The quantitative estimate of drug-likeness (QED) is 0.405. The van der Waals surface area contributed by atoms with Crippen molar-refractivity contribution in [1.29, 1.82) is 0 Å². The summed E-state index contributed by atoms with van der Waals surface area (Å²) in [6.07, 6.45) is 0. The Kier molecular flexibility index (Phi) is 2.44. The van der Waals surface area contributed by atoms with Gasteiger partial charge in [0.1, 0.15) is 0 Å². The summed E-state index contributed by atoms with van der Waals surface area (Å²) in [5, 5.41) is 2.54. The number of fused-ring (bicyclic) bond motifs is 4. The van der Waals surface area contributed by atoms with Crippen molar-refractivity contribution in [2.24, 2.45) is 0 Å². The molecule has 110 valence electrons. The first-order valence-corrected chi connectivity index (χ1v) is 8.06. The first kappa shape index (κ1) is 12.8. The molecule has 5 rings (SSSR count). The summed E-state index contributed by atoms with van der Waals surface area (Å²) in [7, 11) is 0. The standard InChI is InChI=1S/C21H16N2/c1-12(2)14-9-10-17-18(11-14)23-21-16-8-4-6-13-5-3-7-15(19(13)16)20(21)22-17/h3-12H,1-2H3. The molecule has 0 unspecified atom stereocenters. The third-order valence-corrected chi connectivity index (χ3v) is 4.77. The lowest BCUT2D eigenvalue weighted by Crippen LogP contribution is -1.93. The molecule has 2 heteroatoms. The van der Waals surface area contributed by atoms with Crippen LogP contribution in [0.5, 0.6) is 0 Å². The lowest BCUT2D eigenvalue weighted by atomic mass is 10.0. The third kappa shape index (κ3) is 1.69. The molecule has 0 radical (unpaired) electrons. The average Bonchev–Trinajstić information content (AvgIpc) is 2.88. The second-order valence-electron chi connectivity index (χ2n) is 6.53. The van der Waals surface area contributed by atoms with E-state index in [0.717, 1.165) is 22.4 Å². The molecular weight excluding hydrogens is 280 g/mol. The molecule has 0 fully saturated rings. The molecule has 1 aromatic heterocycles. The average molecular weight is 296 g/mol. The van der Waals surface area contributed by atoms with Gasteiger partial charge in [0.25, 0.3) is 0 Å². The predicted molar refractivity (Wildman–Crippen MR) is 95.6 cm³/mol. The zero-order valence-corrected chi connectivity index (χ0v) is 13.2. The van der Waals surface area contributed by atoms with Crippen LogP contribution in [-0.2, 0) is 0 Å². The Hall–Kier alpha value is -2.74. The molecule has 23 heavy (non-hydrogen) atoms. The van der Waals surface area contributed by atoms with E-state index in [1.165, 1.54) is 27.5 Å². The summed E-state index contributed by atoms with van der Waals surface area (Å²) in [5.74, 6) is 0.495. The largest absolute Gasteiger partial charge is 0.244 e. The minimum Gasteiger partial charge on any atom is -0.244 e. The molecule has 0 spiro atoms. The van der Waals surface area contributed by atoms with Gasteiger partial charge in [0.15, 0.2) is 0 Å². The second-order valence-corrected chi connectivity index (χ2v) is 6.53. The highest BCUT2D eigenvalue weighted by atomic mass is 14.8. The Morgan fingerprint density at radius 2 is 1.39 bits per heavy atom. The van der Waals surface area contributed by atoms with E-state index in [1.807, 2.05) is 0 Å². The van der Waals surface area contributed by atoms with E-state index in [0.29, 0.717) is 5.92 Å². The molecular formula is C21H16N2. The van der Waals surface area contributed by atoms with Gasteiger partial charge < -0.3 is 0 Å². The van der Waals surface area contributed by atoms with Gasteiger partial charge in [-0.2, -0.15) is 0 Å². The third-order valence-electron chi connectivity index (χ3n) is 4.77. The highest BCUT2D eigenvalue weighted by Gasteiger charge is 2.24. The minimum atomic E-state index is 0.495. The zero-order valence-electron chi connectivity index (χ0n) is 13.2. The molecule has 0 aliphatic heterocycles. The van der Waals surface area contributed by atoms with Gasteiger partial charge in [0.2, 0.25) is 0 Å². The molecule has 4 aromatic rings. The van der Waals surface area contributed by atoms with Gasteiger partial charge >= 0.3 is 0 Å². The van der Waals surface area contributed by atoms with Gasteiger partial charge in [0.05, 0.1) is 22.4 Å². The van der Waals surface area contributed by atoms with Crippen LogP contribution in [0, 0.1) is 0 Å². The monoisotopic (exact) mass is 296 g/mol. The smallest absolute Gasteiger partial charge is 0.0979 e. The Morgan fingerprint density at radius 1 is 0.739 bits per heavy atom. The number of hydrogen-bond acceptors (Lipinski definition) is 2. The Labute approximate surface area is 134 Å². The van der Waals surface area contributed by atoms with Gasteiger partial charge in [-0.05, 0) is 29.0 Å². The van der Waals surface area contributed by atoms with Gasteiger partial charge in [-0.25, -0.2) is 9.97 Å². The normalized spacial score (nSPS) is 12.3. The Bertz CT molecular complexity index is 1090. The van der Waals surface area contributed by atoms with Gasteiger partial charge in [-0.3, -0.25) is 0 Å². The van der Waals surface area contributed by atoms with E-state index in [2.05, 4.69) is 68.4 Å². The lowest BCUT2D eigenvalue weighted by molar-refractivity contribution is 0.868. The van der Waals surface area contributed by atoms with Crippen LogP contribution in [0.3, 0.4) is 0 Å². The van der Waals surface area contributed by atoms with Crippen LogP contribution in [-0.4, -0.2) is 9.97 Å². The fourth-order valence-corrected chi connectivity index (χ4v) is 3.54. The minimum absolute atomic E-state index is 0.495. The van der Waals surface area contributed by atoms with Crippen molar-refractivity contribution in [3.05, 3.63) is 60.2 Å². The number of nitrogens with zero attached hydrogens (tertiary/aromatic N) is 2. The van der Waals surface area contributed by atoms with Crippen LogP contribution >= 0.6 is 0 Å². The summed E-state index contributed by atoms with van der Waals surface area (Å²) in [6, 6.07) is 19.3. The number of rotatable bonds is 1. The highest BCUT2D eigenvalue weighted by Crippen LogP contribution is 2.45. The maximum atomic E-state index is 4.98. The lowest BCUT2D eigenvalue weighted by Gasteiger charge is -2.08. The molecule has 0 saturated carbocycles. The summed E-state index contributed by atoms with van der Waals surface area (Å²) >= 11 is 0. The van der Waals surface area contributed by atoms with Crippen LogP contribution < -0.4 is 0 Å². The van der Waals surface area contributed by atoms with Crippen molar-refractivity contribution >= 4 is 21.8 Å². The van der Waals surface area contributed by atoms with Crippen molar-refractivity contribution in [3.8, 4) is 22.5 Å². The SMILES string of the molecule is CC(C)c1ccc2nc3c(nc2c1)-c1cccc2cccc-3c12. The van der Waals surface area contributed by atoms with Crippen molar-refractivity contribution in [2.75, 3.05) is 0 Å². The summed E-state index contributed by atoms with van der Waals surface area (Å²) in [5.41, 5.74) is 7.71. The van der Waals surface area contributed by atoms with E-state index in [-0.39, 0.29) is 0 Å². The summed E-state index contributed by atoms with van der Waals surface area (Å²) in [6.45, 7) is 4.41. The molecule has 0 amide bonds. The highest BCUT2D eigenvalue weighted by molar-refractivity contribution is 6.14. The molecule has 1 aliphatic rings. The van der Waals surface area contributed by atoms with Crippen molar-refractivity contribution < 1.29 is 0 Å². The summed E-state index contributed by atoms with van der Waals surface area (Å²) < 4.78 is 0. The second kappa shape index (κ2) is 4.39. The van der Waals surface area contributed by atoms with E-state index < -0.39 is 0 Å². The fourth-order valence-electron chi connectivity index (χ4n) is 3.54. The zero-order chi connectivity index (χ0) is 15.6. The van der Waals surface area contributed by atoms with Gasteiger partial charge in [-0.1, -0.05) is 56.3 Å². The molecule has 0 N–H and O–H groups in total. The first-order valence-electron chi connectivity index (χ1n) is 8.06. The van der Waals surface area contributed by atoms with Crippen molar-refractivity contribution in [3.63, 3.8) is 0 Å². The summed E-state index contributed by atoms with van der Waals surface area (Å²) in [4.78, 5) is 9.91. The molecule has 0 saturated heterocycles. The number of hydrogen-bond donors (Lipinski definition) is 0. The fraction of sp³-hybridized carbons (Fsp3) is 0.143. The Balaban J connectivity index is 1.88. The van der Waals surface area contributed by atoms with Gasteiger partial charge in [0, 0.05) is 16.5 Å². The molecule has 0 bridgehead atoms. The number of aromatic nitrogens is 2.